The molecule has 2 aliphatic heterocycles. The number of carbonyl (C=O) groups excluding carboxylic acids is 3. The Balaban J connectivity index is 1.94. The average molecular weight is 480 g/mol. The number of halogens is 1. The van der Waals surface area contributed by atoms with Gasteiger partial charge < -0.3 is 19.8 Å². The first-order valence-corrected chi connectivity index (χ1v) is 11.8. The number of hydrogen-bond donors (Lipinski definition) is 1. The largest absolute Gasteiger partial charge is 0.503 e. The number of carbonyl (C=O) groups is 3. The number of Topliss-reactive ketones (excluding diaryl/α,β-unsaturated/α-hetero) is 1. The van der Waals surface area contributed by atoms with Crippen LogP contribution in [0.4, 0.5) is 10.1 Å². The van der Waals surface area contributed by atoms with Gasteiger partial charge in [0.25, 0.3) is 11.8 Å². The van der Waals surface area contributed by atoms with E-state index in [-0.39, 0.29) is 17.7 Å². The van der Waals surface area contributed by atoms with Gasteiger partial charge in [0.05, 0.1) is 11.3 Å². The van der Waals surface area contributed by atoms with Gasteiger partial charge in [0.2, 0.25) is 0 Å². The lowest BCUT2D eigenvalue weighted by molar-refractivity contribution is -0.139. The highest BCUT2D eigenvalue weighted by Crippen LogP contribution is 2.53. The van der Waals surface area contributed by atoms with Gasteiger partial charge in [0, 0.05) is 24.2 Å². The number of hydrogen-bond acceptors (Lipinski definition) is 5. The topological polar surface area (TPSA) is 81.2 Å². The zero-order valence-corrected chi connectivity index (χ0v) is 20.5. The second kappa shape index (κ2) is 9.26. The molecule has 1 N–H and O–H groups in total. The summed E-state index contributed by atoms with van der Waals surface area (Å²) in [6, 6.07) is 11.0. The first kappa shape index (κ1) is 24.6. The van der Waals surface area contributed by atoms with Crippen LogP contribution in [-0.4, -0.2) is 66.2 Å². The molecule has 2 heterocycles. The van der Waals surface area contributed by atoms with Crippen LogP contribution in [0.2, 0.25) is 0 Å². The molecule has 2 amide bonds. The van der Waals surface area contributed by atoms with Crippen LogP contribution in [-0.2, 0) is 15.1 Å². The molecular formula is C27H30FN3O4. The smallest absolute Gasteiger partial charge is 0.290 e. The van der Waals surface area contributed by atoms with Crippen LogP contribution in [0.5, 0.6) is 0 Å². The summed E-state index contributed by atoms with van der Waals surface area (Å²) in [5.41, 5.74) is -0.726. The molecule has 0 bridgehead atoms. The van der Waals surface area contributed by atoms with Gasteiger partial charge in [0.15, 0.2) is 17.1 Å². The Morgan fingerprint density at radius 3 is 2.49 bits per heavy atom. The minimum absolute atomic E-state index is 0.0313. The fourth-order valence-electron chi connectivity index (χ4n) is 5.04. The molecule has 8 heteroatoms. The quantitative estimate of drug-likeness (QED) is 0.586. The number of ketones is 1. The predicted octanol–water partition coefficient (Wildman–Crippen LogP) is 3.57. The molecule has 0 fully saturated rings. The molecule has 4 rings (SSSR count). The molecule has 1 atom stereocenters. The fraction of sp³-hybridized carbons (Fsp3) is 0.370. The van der Waals surface area contributed by atoms with Gasteiger partial charge in [-0.25, -0.2) is 4.39 Å². The van der Waals surface area contributed by atoms with Crippen LogP contribution in [0.1, 0.15) is 41.3 Å². The third-order valence-electron chi connectivity index (χ3n) is 6.69. The van der Waals surface area contributed by atoms with Crippen molar-refractivity contribution in [2.24, 2.45) is 0 Å². The lowest BCUT2D eigenvalue weighted by atomic mass is 9.80. The molecule has 1 spiro atoms. The molecule has 2 aromatic carbocycles. The minimum Gasteiger partial charge on any atom is -0.503 e. The van der Waals surface area contributed by atoms with E-state index in [0.717, 1.165) is 6.07 Å². The first-order chi connectivity index (χ1) is 16.7. The van der Waals surface area contributed by atoms with Crippen LogP contribution < -0.4 is 4.90 Å². The number of para-hydroxylation sites is 1. The molecule has 184 valence electrons. The second-order valence-corrected chi connectivity index (χ2v) is 9.31. The molecule has 7 nitrogen and oxygen atoms in total. The monoisotopic (exact) mass is 479 g/mol. The predicted molar refractivity (Wildman–Crippen MR) is 131 cm³/mol. The van der Waals surface area contributed by atoms with Crippen molar-refractivity contribution in [3.63, 3.8) is 0 Å². The van der Waals surface area contributed by atoms with Crippen molar-refractivity contribution in [3.8, 4) is 0 Å². The van der Waals surface area contributed by atoms with Crippen LogP contribution in [0.25, 0.3) is 0 Å². The van der Waals surface area contributed by atoms with Gasteiger partial charge in [-0.05, 0) is 58.1 Å². The summed E-state index contributed by atoms with van der Waals surface area (Å²) >= 11 is 0. The summed E-state index contributed by atoms with van der Waals surface area (Å²) in [5.74, 6) is -3.32. The zero-order valence-electron chi connectivity index (χ0n) is 20.5. The molecule has 0 aliphatic carbocycles. The number of benzene rings is 2. The summed E-state index contributed by atoms with van der Waals surface area (Å²) < 4.78 is 14.4. The van der Waals surface area contributed by atoms with Crippen molar-refractivity contribution >= 4 is 23.3 Å². The lowest BCUT2D eigenvalue weighted by Crippen LogP contribution is -2.54. The third-order valence-corrected chi connectivity index (χ3v) is 6.69. The Hall–Kier alpha value is -3.52. The van der Waals surface area contributed by atoms with E-state index in [4.69, 9.17) is 0 Å². The molecule has 2 aromatic rings. The molecule has 0 aromatic heterocycles. The normalized spacial score (nSPS) is 19.5. The molecule has 0 saturated carbocycles. The molecule has 35 heavy (non-hydrogen) atoms. The first-order valence-electron chi connectivity index (χ1n) is 11.8. The summed E-state index contributed by atoms with van der Waals surface area (Å²) in [6.45, 7) is 4.69. The number of aryl methyl sites for hydroxylation is 1. The fourth-order valence-corrected chi connectivity index (χ4v) is 5.04. The SMILES string of the molecule is CCCN1C(=O)[C@]2(C(C(=O)c3ccc(C)c(F)c3)=C(O)C(=O)N2CCCN(C)C)c2ccccc21. The van der Waals surface area contributed by atoms with E-state index in [1.807, 2.05) is 25.9 Å². The number of aliphatic hydroxyl groups excluding tert-OH is 1. The number of fused-ring (bicyclic) bond motifs is 2. The van der Waals surface area contributed by atoms with E-state index in [0.29, 0.717) is 42.7 Å². The summed E-state index contributed by atoms with van der Waals surface area (Å²) in [7, 11) is 3.80. The van der Waals surface area contributed by atoms with Crippen molar-refractivity contribution in [1.29, 1.82) is 0 Å². The molecule has 2 aliphatic rings. The lowest BCUT2D eigenvalue weighted by Gasteiger charge is -2.36. The standard InChI is InChI=1S/C27H30FN3O4/c1-5-13-30-21-10-7-6-9-19(21)27(26(30)35)22(23(32)18-12-11-17(2)20(28)16-18)24(33)25(34)31(27)15-8-14-29(3)4/h6-7,9-12,16,33H,5,8,13-15H2,1-4H3/t27-/m1/s1. The summed E-state index contributed by atoms with van der Waals surface area (Å²) in [4.78, 5) is 46.3. The van der Waals surface area contributed by atoms with E-state index >= 15 is 0 Å². The Morgan fingerprint density at radius 1 is 1.11 bits per heavy atom. The van der Waals surface area contributed by atoms with E-state index < -0.39 is 34.7 Å². The van der Waals surface area contributed by atoms with E-state index in [9.17, 15) is 23.9 Å². The maximum absolute atomic E-state index is 14.4. The molecule has 0 unspecified atom stereocenters. The van der Waals surface area contributed by atoms with Gasteiger partial charge >= 0.3 is 0 Å². The van der Waals surface area contributed by atoms with Crippen molar-refractivity contribution in [2.75, 3.05) is 38.6 Å². The average Bonchev–Trinajstić information content (AvgIpc) is 3.19. The summed E-state index contributed by atoms with van der Waals surface area (Å²) in [5, 5.41) is 11.1. The summed E-state index contributed by atoms with van der Waals surface area (Å²) in [6.07, 6.45) is 1.19. The zero-order chi connectivity index (χ0) is 25.5. The van der Waals surface area contributed by atoms with Crippen molar-refractivity contribution < 1.29 is 23.9 Å². The van der Waals surface area contributed by atoms with Gasteiger partial charge in [-0.15, -0.1) is 0 Å². The van der Waals surface area contributed by atoms with Gasteiger partial charge in [-0.2, -0.15) is 0 Å². The maximum Gasteiger partial charge on any atom is 0.290 e. The molecular weight excluding hydrogens is 449 g/mol. The van der Waals surface area contributed by atoms with Gasteiger partial charge in [-0.3, -0.25) is 14.4 Å². The Morgan fingerprint density at radius 2 is 1.83 bits per heavy atom. The number of aliphatic hydroxyl groups is 1. The highest BCUT2D eigenvalue weighted by molar-refractivity contribution is 6.26. The minimum atomic E-state index is -1.81. The third kappa shape index (κ3) is 3.72. The van der Waals surface area contributed by atoms with Gasteiger partial charge in [0.1, 0.15) is 5.82 Å². The highest BCUT2D eigenvalue weighted by atomic mass is 19.1. The number of anilines is 1. The molecule has 0 radical (unpaired) electrons. The van der Waals surface area contributed by atoms with E-state index in [1.165, 1.54) is 17.0 Å². The van der Waals surface area contributed by atoms with Crippen LogP contribution in [0.3, 0.4) is 0 Å². The number of amides is 2. The van der Waals surface area contributed by atoms with Crippen LogP contribution >= 0.6 is 0 Å². The van der Waals surface area contributed by atoms with E-state index in [1.54, 1.807) is 36.1 Å². The molecule has 0 saturated heterocycles. The van der Waals surface area contributed by atoms with Crippen molar-refractivity contribution in [1.82, 2.24) is 9.80 Å². The Kier molecular flexibility index (Phi) is 6.51. The van der Waals surface area contributed by atoms with Gasteiger partial charge in [-0.1, -0.05) is 37.3 Å². The number of nitrogens with zero attached hydrogens (tertiary/aromatic N) is 3. The van der Waals surface area contributed by atoms with E-state index in [2.05, 4.69) is 0 Å². The number of rotatable bonds is 8. The van der Waals surface area contributed by atoms with Crippen molar-refractivity contribution in [3.05, 3.63) is 76.3 Å². The highest BCUT2D eigenvalue weighted by Gasteiger charge is 2.65. The second-order valence-electron chi connectivity index (χ2n) is 9.31. The van der Waals surface area contributed by atoms with Crippen LogP contribution in [0.15, 0.2) is 53.8 Å². The van der Waals surface area contributed by atoms with Crippen LogP contribution in [0, 0.1) is 12.7 Å². The Bertz CT molecular complexity index is 1240. The maximum atomic E-state index is 14.4. The van der Waals surface area contributed by atoms with Crippen molar-refractivity contribution in [2.45, 2.75) is 32.2 Å². The Labute approximate surface area is 204 Å².